The monoisotopic (exact) mass is 165 g/mol. The van der Waals surface area contributed by atoms with Crippen LogP contribution in [0.2, 0.25) is 0 Å². The number of rotatable bonds is 2. The summed E-state index contributed by atoms with van der Waals surface area (Å²) >= 11 is 0. The molecule has 3 heteroatoms. The Morgan fingerprint density at radius 3 is 2.75 bits per heavy atom. The third-order valence-corrected chi connectivity index (χ3v) is 2.69. The van der Waals surface area contributed by atoms with Crippen molar-refractivity contribution in [1.82, 2.24) is 9.55 Å². The molecule has 1 saturated carbocycles. The van der Waals surface area contributed by atoms with Crippen LogP contribution in [0.15, 0.2) is 12.4 Å². The maximum atomic E-state index is 4.23. The van der Waals surface area contributed by atoms with Crippen molar-refractivity contribution in [2.24, 2.45) is 7.05 Å². The first-order valence-electron chi connectivity index (χ1n) is 4.45. The molecule has 0 atom stereocenters. The molecule has 1 aromatic rings. The summed E-state index contributed by atoms with van der Waals surface area (Å²) in [6.45, 7) is 2.26. The smallest absolute Gasteiger partial charge is 0.202 e. The van der Waals surface area contributed by atoms with E-state index in [1.165, 1.54) is 19.3 Å². The summed E-state index contributed by atoms with van der Waals surface area (Å²) in [6.07, 6.45) is 7.66. The Hall–Kier alpha value is -0.990. The number of imidazole rings is 1. The highest BCUT2D eigenvalue weighted by atomic mass is 15.2. The SMILES string of the molecule is Cn1ccnc1NC1(C)CCC1. The third kappa shape index (κ3) is 1.19. The molecule has 12 heavy (non-hydrogen) atoms. The van der Waals surface area contributed by atoms with E-state index in [0.717, 1.165) is 5.95 Å². The molecule has 0 bridgehead atoms. The van der Waals surface area contributed by atoms with Crippen LogP contribution in [0.4, 0.5) is 5.95 Å². The molecule has 0 aliphatic heterocycles. The molecule has 0 unspecified atom stereocenters. The zero-order valence-corrected chi connectivity index (χ0v) is 7.67. The van der Waals surface area contributed by atoms with E-state index in [9.17, 15) is 0 Å². The Morgan fingerprint density at radius 1 is 1.58 bits per heavy atom. The molecular formula is C9H15N3. The fraction of sp³-hybridized carbons (Fsp3) is 0.667. The van der Waals surface area contributed by atoms with Gasteiger partial charge in [-0.2, -0.15) is 0 Å². The van der Waals surface area contributed by atoms with Crippen LogP contribution < -0.4 is 5.32 Å². The summed E-state index contributed by atoms with van der Waals surface area (Å²) in [5, 5.41) is 3.45. The van der Waals surface area contributed by atoms with Gasteiger partial charge in [0.1, 0.15) is 0 Å². The lowest BCUT2D eigenvalue weighted by atomic mass is 9.79. The Balaban J connectivity index is 2.08. The van der Waals surface area contributed by atoms with Gasteiger partial charge in [0.05, 0.1) is 0 Å². The van der Waals surface area contributed by atoms with E-state index in [1.54, 1.807) is 0 Å². The van der Waals surface area contributed by atoms with Gasteiger partial charge in [0.15, 0.2) is 0 Å². The minimum Gasteiger partial charge on any atom is -0.351 e. The predicted octanol–water partition coefficient (Wildman–Crippen LogP) is 1.77. The minimum atomic E-state index is 0.305. The van der Waals surface area contributed by atoms with Crippen molar-refractivity contribution in [3.8, 4) is 0 Å². The van der Waals surface area contributed by atoms with Gasteiger partial charge in [-0.1, -0.05) is 0 Å². The van der Waals surface area contributed by atoms with Gasteiger partial charge in [0, 0.05) is 25.0 Å². The van der Waals surface area contributed by atoms with Gasteiger partial charge in [-0.15, -0.1) is 0 Å². The Labute approximate surface area is 72.8 Å². The number of anilines is 1. The fourth-order valence-electron chi connectivity index (χ4n) is 1.59. The van der Waals surface area contributed by atoms with Crippen LogP contribution in [-0.2, 0) is 7.05 Å². The van der Waals surface area contributed by atoms with Crippen LogP contribution in [0.3, 0.4) is 0 Å². The highest BCUT2D eigenvalue weighted by Gasteiger charge is 2.32. The molecule has 0 spiro atoms. The first-order chi connectivity index (χ1) is 5.70. The van der Waals surface area contributed by atoms with Crippen LogP contribution in [0.5, 0.6) is 0 Å². The molecule has 0 aromatic carbocycles. The summed E-state index contributed by atoms with van der Waals surface area (Å²) in [6, 6.07) is 0. The maximum Gasteiger partial charge on any atom is 0.202 e. The van der Waals surface area contributed by atoms with E-state index in [1.807, 2.05) is 24.0 Å². The van der Waals surface area contributed by atoms with Crippen molar-refractivity contribution in [1.29, 1.82) is 0 Å². The Bertz CT molecular complexity index is 273. The van der Waals surface area contributed by atoms with E-state index in [2.05, 4.69) is 17.2 Å². The highest BCUT2D eigenvalue weighted by molar-refractivity contribution is 5.31. The Kier molecular flexibility index (Phi) is 1.60. The van der Waals surface area contributed by atoms with Crippen LogP contribution in [0.1, 0.15) is 26.2 Å². The molecular weight excluding hydrogens is 150 g/mol. The number of nitrogens with one attached hydrogen (secondary N) is 1. The third-order valence-electron chi connectivity index (χ3n) is 2.69. The zero-order valence-electron chi connectivity index (χ0n) is 7.67. The van der Waals surface area contributed by atoms with Crippen LogP contribution in [-0.4, -0.2) is 15.1 Å². The predicted molar refractivity (Wildman–Crippen MR) is 49.1 cm³/mol. The van der Waals surface area contributed by atoms with Crippen molar-refractivity contribution in [3.63, 3.8) is 0 Å². The highest BCUT2D eigenvalue weighted by Crippen LogP contribution is 2.33. The Morgan fingerprint density at radius 2 is 2.33 bits per heavy atom. The van der Waals surface area contributed by atoms with E-state index < -0.39 is 0 Å². The van der Waals surface area contributed by atoms with Gasteiger partial charge < -0.3 is 9.88 Å². The normalized spacial score (nSPS) is 20.2. The van der Waals surface area contributed by atoms with E-state index in [0.29, 0.717) is 5.54 Å². The fourth-order valence-corrected chi connectivity index (χ4v) is 1.59. The molecule has 0 saturated heterocycles. The van der Waals surface area contributed by atoms with Crippen molar-refractivity contribution >= 4 is 5.95 Å². The van der Waals surface area contributed by atoms with Gasteiger partial charge in [0.25, 0.3) is 0 Å². The molecule has 2 rings (SSSR count). The van der Waals surface area contributed by atoms with Gasteiger partial charge in [-0.25, -0.2) is 4.98 Å². The number of aryl methyl sites for hydroxylation is 1. The van der Waals surface area contributed by atoms with Gasteiger partial charge in [-0.05, 0) is 26.2 Å². The van der Waals surface area contributed by atoms with E-state index in [4.69, 9.17) is 0 Å². The quantitative estimate of drug-likeness (QED) is 0.723. The molecule has 1 fully saturated rings. The maximum absolute atomic E-state index is 4.23. The summed E-state index contributed by atoms with van der Waals surface area (Å²) in [5.41, 5.74) is 0.305. The molecule has 1 N–H and O–H groups in total. The molecule has 1 aromatic heterocycles. The number of aromatic nitrogens is 2. The number of hydrogen-bond acceptors (Lipinski definition) is 2. The average molecular weight is 165 g/mol. The topological polar surface area (TPSA) is 29.9 Å². The van der Waals surface area contributed by atoms with Crippen molar-refractivity contribution in [2.45, 2.75) is 31.7 Å². The van der Waals surface area contributed by atoms with Gasteiger partial charge in [0.2, 0.25) is 5.95 Å². The average Bonchev–Trinajstić information content (AvgIpc) is 2.34. The van der Waals surface area contributed by atoms with Crippen LogP contribution in [0, 0.1) is 0 Å². The molecule has 0 radical (unpaired) electrons. The van der Waals surface area contributed by atoms with Crippen molar-refractivity contribution < 1.29 is 0 Å². The van der Waals surface area contributed by atoms with Crippen molar-refractivity contribution in [2.75, 3.05) is 5.32 Å². The van der Waals surface area contributed by atoms with Crippen LogP contribution in [0.25, 0.3) is 0 Å². The molecule has 1 heterocycles. The number of nitrogens with zero attached hydrogens (tertiary/aromatic N) is 2. The summed E-state index contributed by atoms with van der Waals surface area (Å²) in [5.74, 6) is 0.984. The van der Waals surface area contributed by atoms with Crippen molar-refractivity contribution in [3.05, 3.63) is 12.4 Å². The van der Waals surface area contributed by atoms with Crippen LogP contribution >= 0.6 is 0 Å². The summed E-state index contributed by atoms with van der Waals surface area (Å²) in [7, 11) is 2.01. The second-order valence-electron chi connectivity index (χ2n) is 3.90. The standard InChI is InChI=1S/C9H15N3/c1-9(4-3-5-9)11-8-10-6-7-12(8)2/h6-7H,3-5H2,1-2H3,(H,10,11). The molecule has 1 aliphatic carbocycles. The van der Waals surface area contributed by atoms with Gasteiger partial charge in [-0.3, -0.25) is 0 Å². The lowest BCUT2D eigenvalue weighted by molar-refractivity contribution is 0.304. The first-order valence-corrected chi connectivity index (χ1v) is 4.45. The van der Waals surface area contributed by atoms with E-state index in [-0.39, 0.29) is 0 Å². The second kappa shape index (κ2) is 2.51. The van der Waals surface area contributed by atoms with Gasteiger partial charge >= 0.3 is 0 Å². The first kappa shape index (κ1) is 7.65. The zero-order chi connectivity index (χ0) is 8.60. The molecule has 66 valence electrons. The van der Waals surface area contributed by atoms with E-state index >= 15 is 0 Å². The molecule has 1 aliphatic rings. The lowest BCUT2D eigenvalue weighted by Gasteiger charge is -2.39. The summed E-state index contributed by atoms with van der Waals surface area (Å²) < 4.78 is 2.02. The number of hydrogen-bond donors (Lipinski definition) is 1. The second-order valence-corrected chi connectivity index (χ2v) is 3.90. The molecule has 0 amide bonds. The summed E-state index contributed by atoms with van der Waals surface area (Å²) in [4.78, 5) is 4.23. The largest absolute Gasteiger partial charge is 0.351 e. The molecule has 3 nitrogen and oxygen atoms in total. The lowest BCUT2D eigenvalue weighted by Crippen LogP contribution is -2.42. The minimum absolute atomic E-state index is 0.305.